The minimum absolute atomic E-state index is 0.300. The Morgan fingerprint density at radius 1 is 1.22 bits per heavy atom. The number of ether oxygens (including phenoxy) is 1. The Kier molecular flexibility index (Phi) is 5.19. The second-order valence-electron chi connectivity index (χ2n) is 5.94. The Hall–Kier alpha value is -2.00. The number of piperazine rings is 1. The molecule has 5 nitrogen and oxygen atoms in total. The van der Waals surface area contributed by atoms with E-state index in [1.54, 1.807) is 0 Å². The number of hydrogen-bond donors (Lipinski definition) is 2. The molecule has 1 fully saturated rings. The third-order valence-corrected chi connectivity index (χ3v) is 4.23. The van der Waals surface area contributed by atoms with Gasteiger partial charge in [0.1, 0.15) is 18.5 Å². The molecule has 1 atom stereocenters. The summed E-state index contributed by atoms with van der Waals surface area (Å²) in [6.45, 7) is 5.43. The van der Waals surface area contributed by atoms with Gasteiger partial charge in [0.15, 0.2) is 0 Å². The number of nitrogens with zero attached hydrogens (tertiary/aromatic N) is 2. The van der Waals surface area contributed by atoms with Crippen LogP contribution >= 0.6 is 0 Å². The van der Waals surface area contributed by atoms with Crippen LogP contribution in [-0.2, 0) is 0 Å². The summed E-state index contributed by atoms with van der Waals surface area (Å²) in [5, 5.41) is 11.3. The maximum Gasteiger partial charge on any atom is 0.128 e. The van der Waals surface area contributed by atoms with Crippen LogP contribution in [-0.4, -0.2) is 71.9 Å². The molecule has 23 heavy (non-hydrogen) atoms. The fourth-order valence-corrected chi connectivity index (χ4v) is 2.98. The van der Waals surface area contributed by atoms with Crippen LogP contribution in [0.3, 0.4) is 0 Å². The van der Waals surface area contributed by atoms with Crippen LogP contribution in [0.4, 0.5) is 0 Å². The first-order valence-corrected chi connectivity index (χ1v) is 8.01. The molecule has 0 amide bonds. The molecule has 2 N–H and O–H groups in total. The predicted octanol–water partition coefficient (Wildman–Crippen LogP) is 1.16. The van der Waals surface area contributed by atoms with Gasteiger partial charge in [-0.2, -0.15) is 0 Å². The largest absolute Gasteiger partial charge is 0.490 e. The smallest absolute Gasteiger partial charge is 0.128 e. The van der Waals surface area contributed by atoms with E-state index in [0.717, 1.165) is 42.8 Å². The van der Waals surface area contributed by atoms with Crippen molar-refractivity contribution in [2.75, 3.05) is 45.9 Å². The van der Waals surface area contributed by atoms with Crippen LogP contribution in [0.25, 0.3) is 10.9 Å². The first-order valence-electron chi connectivity index (χ1n) is 8.01. The fraction of sp³-hybridized carbons (Fsp3) is 0.444. The minimum atomic E-state index is -0.497. The number of terminal acetylenes is 1. The number of aliphatic hydroxyl groups is 1. The van der Waals surface area contributed by atoms with Gasteiger partial charge in [-0.3, -0.25) is 9.80 Å². The van der Waals surface area contributed by atoms with E-state index < -0.39 is 6.10 Å². The van der Waals surface area contributed by atoms with Crippen LogP contribution in [0.2, 0.25) is 0 Å². The molecular weight excluding hydrogens is 290 g/mol. The summed E-state index contributed by atoms with van der Waals surface area (Å²) in [4.78, 5) is 7.68. The summed E-state index contributed by atoms with van der Waals surface area (Å²) in [5.74, 6) is 3.49. The van der Waals surface area contributed by atoms with Crippen LogP contribution in [0.1, 0.15) is 0 Å². The summed E-state index contributed by atoms with van der Waals surface area (Å²) in [6, 6.07) is 7.88. The van der Waals surface area contributed by atoms with Gasteiger partial charge in [0.2, 0.25) is 0 Å². The number of nitrogens with one attached hydrogen (secondary N) is 1. The summed E-state index contributed by atoms with van der Waals surface area (Å²) in [6.07, 6.45) is 6.73. The lowest BCUT2D eigenvalue weighted by atomic mass is 10.2. The summed E-state index contributed by atoms with van der Waals surface area (Å²) in [5.41, 5.74) is 1.04. The van der Waals surface area contributed by atoms with Crippen molar-refractivity contribution in [3.63, 3.8) is 0 Å². The molecule has 0 saturated carbocycles. The minimum Gasteiger partial charge on any atom is -0.490 e. The maximum atomic E-state index is 10.2. The predicted molar refractivity (Wildman–Crippen MR) is 91.5 cm³/mol. The van der Waals surface area contributed by atoms with E-state index in [9.17, 15) is 5.11 Å². The molecule has 122 valence electrons. The molecule has 5 heteroatoms. The SMILES string of the molecule is C#CCN1CCN(CC(O)COc2cccc3[nH]ccc23)CC1. The normalized spacial score (nSPS) is 17.9. The summed E-state index contributed by atoms with van der Waals surface area (Å²) >= 11 is 0. The molecule has 1 aliphatic heterocycles. The van der Waals surface area contributed by atoms with Gasteiger partial charge in [-0.1, -0.05) is 12.0 Å². The Morgan fingerprint density at radius 2 is 2.00 bits per heavy atom. The molecule has 0 bridgehead atoms. The van der Waals surface area contributed by atoms with Gasteiger partial charge in [-0.05, 0) is 18.2 Å². The number of hydrogen-bond acceptors (Lipinski definition) is 4. The number of H-pyrrole nitrogens is 1. The molecule has 1 aromatic carbocycles. The first kappa shape index (κ1) is 15.9. The molecule has 1 aromatic heterocycles. The molecule has 0 aliphatic carbocycles. The Balaban J connectivity index is 1.46. The van der Waals surface area contributed by atoms with Gasteiger partial charge in [-0.25, -0.2) is 0 Å². The molecule has 0 spiro atoms. The molecule has 1 aliphatic rings. The van der Waals surface area contributed by atoms with E-state index in [4.69, 9.17) is 11.2 Å². The zero-order valence-electron chi connectivity index (χ0n) is 13.2. The highest BCUT2D eigenvalue weighted by Gasteiger charge is 2.19. The molecule has 2 heterocycles. The Morgan fingerprint density at radius 3 is 2.78 bits per heavy atom. The van der Waals surface area contributed by atoms with E-state index in [1.807, 2.05) is 30.5 Å². The van der Waals surface area contributed by atoms with Gasteiger partial charge in [0.05, 0.1) is 6.54 Å². The lowest BCUT2D eigenvalue weighted by Gasteiger charge is -2.34. The quantitative estimate of drug-likeness (QED) is 0.786. The van der Waals surface area contributed by atoms with Crippen LogP contribution in [0.15, 0.2) is 30.5 Å². The standard InChI is InChI=1S/C18H23N3O2/c1-2-8-20-9-11-21(12-10-20)13-15(22)14-23-18-5-3-4-17-16(18)6-7-19-17/h1,3-7,15,19,22H,8-14H2. The highest BCUT2D eigenvalue weighted by atomic mass is 16.5. The van der Waals surface area contributed by atoms with Crippen molar-refractivity contribution in [2.45, 2.75) is 6.10 Å². The third kappa shape index (κ3) is 4.05. The second-order valence-corrected chi connectivity index (χ2v) is 5.94. The molecule has 3 rings (SSSR count). The lowest BCUT2D eigenvalue weighted by Crippen LogP contribution is -2.49. The number of aliphatic hydroxyl groups excluding tert-OH is 1. The number of aromatic nitrogens is 1. The van der Waals surface area contributed by atoms with Crippen molar-refractivity contribution in [2.24, 2.45) is 0 Å². The van der Waals surface area contributed by atoms with Crippen molar-refractivity contribution >= 4 is 10.9 Å². The van der Waals surface area contributed by atoms with Crippen LogP contribution in [0, 0.1) is 12.3 Å². The lowest BCUT2D eigenvalue weighted by molar-refractivity contribution is 0.0489. The van der Waals surface area contributed by atoms with E-state index in [0.29, 0.717) is 19.7 Å². The van der Waals surface area contributed by atoms with Gasteiger partial charge in [-0.15, -0.1) is 6.42 Å². The van der Waals surface area contributed by atoms with Crippen LogP contribution < -0.4 is 4.74 Å². The third-order valence-electron chi connectivity index (χ3n) is 4.23. The number of β-amino-alcohol motifs (C(OH)–C–C–N with tert-alkyl or cyclic N) is 1. The highest BCUT2D eigenvalue weighted by Crippen LogP contribution is 2.24. The van der Waals surface area contributed by atoms with Crippen LogP contribution in [0.5, 0.6) is 5.75 Å². The maximum absolute atomic E-state index is 10.2. The van der Waals surface area contributed by atoms with E-state index in [2.05, 4.69) is 20.7 Å². The van der Waals surface area contributed by atoms with E-state index >= 15 is 0 Å². The zero-order chi connectivity index (χ0) is 16.1. The molecule has 0 radical (unpaired) electrons. The van der Waals surface area contributed by atoms with Gasteiger partial charge in [0.25, 0.3) is 0 Å². The zero-order valence-corrected chi connectivity index (χ0v) is 13.2. The average molecular weight is 313 g/mol. The Labute approximate surface area is 136 Å². The van der Waals surface area contributed by atoms with Crippen molar-refractivity contribution < 1.29 is 9.84 Å². The van der Waals surface area contributed by atoms with Crippen molar-refractivity contribution in [3.8, 4) is 18.1 Å². The first-order chi connectivity index (χ1) is 11.3. The molecule has 2 aromatic rings. The number of aromatic amines is 1. The van der Waals surface area contributed by atoms with E-state index in [-0.39, 0.29) is 0 Å². The molecule has 1 saturated heterocycles. The summed E-state index contributed by atoms with van der Waals surface area (Å²) < 4.78 is 5.81. The molecular formula is C18H23N3O2. The topological polar surface area (TPSA) is 51.7 Å². The highest BCUT2D eigenvalue weighted by molar-refractivity contribution is 5.85. The number of fused-ring (bicyclic) bond motifs is 1. The van der Waals surface area contributed by atoms with Crippen molar-refractivity contribution in [1.29, 1.82) is 0 Å². The monoisotopic (exact) mass is 313 g/mol. The number of rotatable bonds is 6. The van der Waals surface area contributed by atoms with Gasteiger partial charge < -0.3 is 14.8 Å². The van der Waals surface area contributed by atoms with Crippen molar-refractivity contribution in [3.05, 3.63) is 30.5 Å². The average Bonchev–Trinajstić information content (AvgIpc) is 3.04. The van der Waals surface area contributed by atoms with Gasteiger partial charge in [0, 0.05) is 49.8 Å². The van der Waals surface area contributed by atoms with Crippen molar-refractivity contribution in [1.82, 2.24) is 14.8 Å². The Bertz CT molecular complexity index is 668. The second kappa shape index (κ2) is 7.51. The number of benzene rings is 1. The van der Waals surface area contributed by atoms with E-state index in [1.165, 1.54) is 0 Å². The molecule has 1 unspecified atom stereocenters. The summed E-state index contributed by atoms with van der Waals surface area (Å²) in [7, 11) is 0. The van der Waals surface area contributed by atoms with Gasteiger partial charge >= 0.3 is 0 Å². The fourth-order valence-electron chi connectivity index (χ4n) is 2.98.